The highest BCUT2D eigenvalue weighted by atomic mass is 79.9. The van der Waals surface area contributed by atoms with Crippen LogP contribution in [-0.2, 0) is 17.9 Å². The van der Waals surface area contributed by atoms with Gasteiger partial charge < -0.3 is 4.74 Å². The van der Waals surface area contributed by atoms with Crippen molar-refractivity contribution in [1.29, 1.82) is 0 Å². The van der Waals surface area contributed by atoms with Gasteiger partial charge in [0.2, 0.25) is 0 Å². The summed E-state index contributed by atoms with van der Waals surface area (Å²) in [6, 6.07) is 16.8. The predicted octanol–water partition coefficient (Wildman–Crippen LogP) is 7.82. The van der Waals surface area contributed by atoms with Gasteiger partial charge in [-0.05, 0) is 96.7 Å². The summed E-state index contributed by atoms with van der Waals surface area (Å²) in [7, 11) is 0. The Balaban J connectivity index is 1.50. The van der Waals surface area contributed by atoms with Gasteiger partial charge in [0.15, 0.2) is 0 Å². The van der Waals surface area contributed by atoms with E-state index in [0.717, 1.165) is 17.3 Å². The fraction of sp³-hybridized carbons (Fsp3) is 0.0833. The van der Waals surface area contributed by atoms with Crippen LogP contribution >= 0.6 is 55.2 Å². The summed E-state index contributed by atoms with van der Waals surface area (Å²) in [6.45, 7) is 0.378. The molecule has 1 aliphatic rings. The first kappa shape index (κ1) is 24.0. The van der Waals surface area contributed by atoms with Crippen molar-refractivity contribution in [3.05, 3.63) is 102 Å². The van der Waals surface area contributed by atoms with E-state index in [4.69, 9.17) is 16.3 Å². The normalized spacial score (nSPS) is 14.9. The summed E-state index contributed by atoms with van der Waals surface area (Å²) in [5.74, 6) is -0.0983. The standard InChI is InChI=1S/C24H15Br2ClFNO3S/c25-18-9-15(10-19(26)22(18)32-13-14-5-7-17(28)8-6-14)11-21-23(30)29(24(31)33-21)12-16-3-1-2-4-20(16)27/h1-11H,12-13H2/b21-11-. The fourth-order valence-corrected chi connectivity index (χ4v) is 5.61. The van der Waals surface area contributed by atoms with Crippen LogP contribution in [0.5, 0.6) is 5.75 Å². The highest BCUT2D eigenvalue weighted by Gasteiger charge is 2.35. The van der Waals surface area contributed by atoms with Crippen LogP contribution in [0.15, 0.2) is 74.5 Å². The number of amides is 2. The maximum Gasteiger partial charge on any atom is 0.293 e. The zero-order valence-electron chi connectivity index (χ0n) is 16.9. The number of hydrogen-bond acceptors (Lipinski definition) is 4. The van der Waals surface area contributed by atoms with Crippen LogP contribution in [0.3, 0.4) is 0 Å². The van der Waals surface area contributed by atoms with E-state index in [1.807, 2.05) is 6.07 Å². The summed E-state index contributed by atoms with van der Waals surface area (Å²) in [5, 5.41) is 0.160. The number of carbonyl (C=O) groups is 2. The quantitative estimate of drug-likeness (QED) is 0.267. The minimum atomic E-state index is -0.367. The van der Waals surface area contributed by atoms with Gasteiger partial charge >= 0.3 is 0 Å². The minimum absolute atomic E-state index is 0.116. The molecule has 0 saturated carbocycles. The van der Waals surface area contributed by atoms with E-state index in [1.165, 1.54) is 17.0 Å². The number of carbonyl (C=O) groups excluding carboxylic acids is 2. The van der Waals surface area contributed by atoms with Crippen LogP contribution in [0.25, 0.3) is 6.08 Å². The number of hydrogen-bond donors (Lipinski definition) is 0. The first-order valence-electron chi connectivity index (χ1n) is 9.67. The first-order chi connectivity index (χ1) is 15.8. The maximum atomic E-state index is 13.1. The summed E-state index contributed by atoms with van der Waals surface area (Å²) in [4.78, 5) is 26.8. The molecular formula is C24H15Br2ClFNO3S. The molecule has 4 rings (SSSR count). The molecule has 0 radical (unpaired) electrons. The van der Waals surface area contributed by atoms with Crippen LogP contribution in [0, 0.1) is 5.82 Å². The SMILES string of the molecule is O=C1S/C(=C\c2cc(Br)c(OCc3ccc(F)cc3)c(Br)c2)C(=O)N1Cc1ccccc1Cl. The Morgan fingerprint density at radius 2 is 1.70 bits per heavy atom. The topological polar surface area (TPSA) is 46.6 Å². The lowest BCUT2D eigenvalue weighted by atomic mass is 10.2. The van der Waals surface area contributed by atoms with E-state index in [0.29, 0.717) is 35.7 Å². The average molecular weight is 612 g/mol. The number of nitrogens with zero attached hydrogens (tertiary/aromatic N) is 1. The molecule has 3 aromatic carbocycles. The lowest BCUT2D eigenvalue weighted by Gasteiger charge is -2.13. The van der Waals surface area contributed by atoms with E-state index in [1.54, 1.807) is 48.5 Å². The maximum absolute atomic E-state index is 13.1. The fourth-order valence-electron chi connectivity index (χ4n) is 3.12. The third-order valence-electron chi connectivity index (χ3n) is 4.77. The van der Waals surface area contributed by atoms with E-state index < -0.39 is 0 Å². The molecule has 0 bridgehead atoms. The number of thioether (sulfide) groups is 1. The number of rotatable bonds is 6. The average Bonchev–Trinajstić information content (AvgIpc) is 3.03. The molecule has 0 atom stereocenters. The van der Waals surface area contributed by atoms with Crippen molar-refractivity contribution in [3.8, 4) is 5.75 Å². The van der Waals surface area contributed by atoms with Gasteiger partial charge in [0.05, 0.1) is 20.4 Å². The number of benzene rings is 3. The van der Waals surface area contributed by atoms with Crippen LogP contribution in [0.4, 0.5) is 9.18 Å². The Hall–Kier alpha value is -2.13. The molecule has 0 aliphatic carbocycles. The number of imide groups is 1. The van der Waals surface area contributed by atoms with Gasteiger partial charge in [-0.3, -0.25) is 14.5 Å². The van der Waals surface area contributed by atoms with Crippen molar-refractivity contribution >= 4 is 72.4 Å². The van der Waals surface area contributed by atoms with E-state index in [-0.39, 0.29) is 30.1 Å². The van der Waals surface area contributed by atoms with E-state index >= 15 is 0 Å². The Morgan fingerprint density at radius 3 is 2.36 bits per heavy atom. The van der Waals surface area contributed by atoms with Crippen molar-refractivity contribution in [2.24, 2.45) is 0 Å². The van der Waals surface area contributed by atoms with E-state index in [2.05, 4.69) is 31.9 Å². The third-order valence-corrected chi connectivity index (χ3v) is 7.23. The van der Waals surface area contributed by atoms with Crippen molar-refractivity contribution in [1.82, 2.24) is 4.90 Å². The zero-order chi connectivity index (χ0) is 23.5. The Bertz CT molecular complexity index is 1240. The van der Waals surface area contributed by atoms with Gasteiger partial charge in [0.25, 0.3) is 11.1 Å². The molecule has 4 nitrogen and oxygen atoms in total. The molecular weight excluding hydrogens is 597 g/mol. The Morgan fingerprint density at radius 1 is 1.03 bits per heavy atom. The van der Waals surface area contributed by atoms with E-state index in [9.17, 15) is 14.0 Å². The van der Waals surface area contributed by atoms with Gasteiger partial charge in [0, 0.05) is 5.02 Å². The largest absolute Gasteiger partial charge is 0.487 e. The lowest BCUT2D eigenvalue weighted by Crippen LogP contribution is -2.27. The van der Waals surface area contributed by atoms with Gasteiger partial charge in [-0.15, -0.1) is 0 Å². The Labute approximate surface area is 216 Å². The van der Waals surface area contributed by atoms with Crippen LogP contribution in [0.2, 0.25) is 5.02 Å². The first-order valence-corrected chi connectivity index (χ1v) is 12.4. The smallest absolute Gasteiger partial charge is 0.293 e. The highest BCUT2D eigenvalue weighted by Crippen LogP contribution is 2.38. The minimum Gasteiger partial charge on any atom is -0.487 e. The van der Waals surface area contributed by atoms with Gasteiger partial charge in [-0.2, -0.15) is 0 Å². The van der Waals surface area contributed by atoms with Crippen molar-refractivity contribution in [2.75, 3.05) is 0 Å². The predicted molar refractivity (Wildman–Crippen MR) is 136 cm³/mol. The van der Waals surface area contributed by atoms with Crippen molar-refractivity contribution in [2.45, 2.75) is 13.2 Å². The van der Waals surface area contributed by atoms with Crippen molar-refractivity contribution < 1.29 is 18.7 Å². The second-order valence-corrected chi connectivity index (χ2v) is 10.2. The summed E-state index contributed by atoms with van der Waals surface area (Å²) in [6.07, 6.45) is 1.66. The lowest BCUT2D eigenvalue weighted by molar-refractivity contribution is -0.123. The molecule has 33 heavy (non-hydrogen) atoms. The van der Waals surface area contributed by atoms with Crippen molar-refractivity contribution in [3.63, 3.8) is 0 Å². The second kappa shape index (κ2) is 10.4. The molecule has 1 saturated heterocycles. The zero-order valence-corrected chi connectivity index (χ0v) is 21.6. The molecule has 168 valence electrons. The molecule has 0 aromatic heterocycles. The monoisotopic (exact) mass is 609 g/mol. The van der Waals surface area contributed by atoms with Crippen LogP contribution < -0.4 is 4.74 Å². The molecule has 9 heteroatoms. The molecule has 1 fully saturated rings. The Kier molecular flexibility index (Phi) is 7.58. The third kappa shape index (κ3) is 5.69. The van der Waals surface area contributed by atoms with Gasteiger partial charge in [-0.25, -0.2) is 4.39 Å². The molecule has 0 N–H and O–H groups in total. The molecule has 2 amide bonds. The van der Waals surface area contributed by atoms with Crippen LogP contribution in [-0.4, -0.2) is 16.0 Å². The van der Waals surface area contributed by atoms with Crippen LogP contribution in [0.1, 0.15) is 16.7 Å². The molecule has 3 aromatic rings. The van der Waals surface area contributed by atoms with Gasteiger partial charge in [0.1, 0.15) is 18.2 Å². The number of ether oxygens (including phenoxy) is 1. The second-order valence-electron chi connectivity index (χ2n) is 7.09. The highest BCUT2D eigenvalue weighted by molar-refractivity contribution is 9.11. The van der Waals surface area contributed by atoms with Gasteiger partial charge in [-0.1, -0.05) is 41.9 Å². The molecule has 0 unspecified atom stereocenters. The molecule has 1 aliphatic heterocycles. The summed E-state index contributed by atoms with van der Waals surface area (Å²) >= 11 is 14.1. The summed E-state index contributed by atoms with van der Waals surface area (Å²) in [5.41, 5.74) is 2.24. The number of halogens is 4. The molecule has 1 heterocycles. The summed E-state index contributed by atoms with van der Waals surface area (Å²) < 4.78 is 20.3. The molecule has 0 spiro atoms.